The van der Waals surface area contributed by atoms with E-state index in [2.05, 4.69) is 16.0 Å². The van der Waals surface area contributed by atoms with Crippen molar-refractivity contribution in [2.45, 2.75) is 18.3 Å². The van der Waals surface area contributed by atoms with Crippen molar-refractivity contribution >= 4 is 11.6 Å². The summed E-state index contributed by atoms with van der Waals surface area (Å²) in [5, 5.41) is 10.8. The van der Waals surface area contributed by atoms with Crippen LogP contribution in [0.25, 0.3) is 0 Å². The Hall–Kier alpha value is -2.70. The van der Waals surface area contributed by atoms with E-state index in [1.54, 1.807) is 18.6 Å². The average Bonchev–Trinajstić information content (AvgIpc) is 2.64. The van der Waals surface area contributed by atoms with E-state index >= 15 is 0 Å². The first-order chi connectivity index (χ1) is 11.7. The number of nitriles is 1. The number of hydrogen-bond donors (Lipinski definition) is 0. The highest BCUT2D eigenvalue weighted by molar-refractivity contribution is 6.30. The summed E-state index contributed by atoms with van der Waals surface area (Å²) in [6, 6.07) is 20.0. The summed E-state index contributed by atoms with van der Waals surface area (Å²) in [4.78, 5) is 8.48. The molecule has 1 heterocycles. The molecule has 24 heavy (non-hydrogen) atoms. The zero-order valence-corrected chi connectivity index (χ0v) is 13.8. The standard InChI is InChI=1S/C20H16ClN3/c21-18-8-6-16(7-9-18)12-20(15-22,17-4-2-1-3-5-17)13-19-14-23-10-11-24-19/h1-11,14H,12-13H2. The van der Waals surface area contributed by atoms with Crippen LogP contribution in [-0.2, 0) is 18.3 Å². The normalized spacial score (nSPS) is 13.0. The topological polar surface area (TPSA) is 49.6 Å². The Balaban J connectivity index is 2.02. The van der Waals surface area contributed by atoms with Crippen LogP contribution in [0.15, 0.2) is 73.2 Å². The van der Waals surface area contributed by atoms with Crippen LogP contribution in [0.5, 0.6) is 0 Å². The first-order valence-electron chi connectivity index (χ1n) is 7.68. The first kappa shape index (κ1) is 16.2. The molecule has 0 aliphatic carbocycles. The fourth-order valence-electron chi connectivity index (χ4n) is 2.85. The van der Waals surface area contributed by atoms with Crippen molar-refractivity contribution < 1.29 is 0 Å². The molecule has 0 radical (unpaired) electrons. The average molecular weight is 334 g/mol. The van der Waals surface area contributed by atoms with Gasteiger partial charge in [-0.1, -0.05) is 54.1 Å². The lowest BCUT2D eigenvalue weighted by Crippen LogP contribution is -2.30. The van der Waals surface area contributed by atoms with Crippen LogP contribution in [0.2, 0.25) is 5.02 Å². The van der Waals surface area contributed by atoms with Gasteiger partial charge in [0.05, 0.1) is 17.2 Å². The summed E-state index contributed by atoms with van der Waals surface area (Å²) in [5.74, 6) is 0. The summed E-state index contributed by atoms with van der Waals surface area (Å²) in [6.07, 6.45) is 6.10. The lowest BCUT2D eigenvalue weighted by atomic mass is 9.73. The molecule has 3 nitrogen and oxygen atoms in total. The van der Waals surface area contributed by atoms with Crippen molar-refractivity contribution in [3.05, 3.63) is 95.0 Å². The number of benzene rings is 2. The van der Waals surface area contributed by atoms with Crippen LogP contribution in [0, 0.1) is 11.3 Å². The number of aromatic nitrogens is 2. The minimum absolute atomic E-state index is 0.504. The van der Waals surface area contributed by atoms with Gasteiger partial charge in [0.25, 0.3) is 0 Å². The number of rotatable bonds is 5. The number of halogens is 1. The fraction of sp³-hybridized carbons (Fsp3) is 0.150. The van der Waals surface area contributed by atoms with Gasteiger partial charge in [-0.25, -0.2) is 0 Å². The van der Waals surface area contributed by atoms with Gasteiger partial charge in [0.2, 0.25) is 0 Å². The van der Waals surface area contributed by atoms with E-state index in [0.29, 0.717) is 17.9 Å². The van der Waals surface area contributed by atoms with Crippen molar-refractivity contribution in [3.8, 4) is 6.07 Å². The summed E-state index contributed by atoms with van der Waals surface area (Å²) in [6.45, 7) is 0. The van der Waals surface area contributed by atoms with Crippen LogP contribution in [0.3, 0.4) is 0 Å². The predicted molar refractivity (Wildman–Crippen MR) is 94.6 cm³/mol. The van der Waals surface area contributed by atoms with Gasteiger partial charge in [-0.3, -0.25) is 9.97 Å². The molecule has 0 N–H and O–H groups in total. The van der Waals surface area contributed by atoms with Gasteiger partial charge < -0.3 is 0 Å². The number of hydrogen-bond acceptors (Lipinski definition) is 3. The third-order valence-electron chi connectivity index (χ3n) is 4.06. The van der Waals surface area contributed by atoms with Crippen LogP contribution >= 0.6 is 11.6 Å². The Morgan fingerprint density at radius 2 is 1.71 bits per heavy atom. The minimum atomic E-state index is -0.703. The van der Waals surface area contributed by atoms with E-state index in [1.807, 2.05) is 54.6 Å². The Labute approximate surface area is 146 Å². The van der Waals surface area contributed by atoms with Gasteiger partial charge in [0, 0.05) is 30.0 Å². The van der Waals surface area contributed by atoms with E-state index in [4.69, 9.17) is 11.6 Å². The molecule has 1 atom stereocenters. The zero-order valence-electron chi connectivity index (χ0n) is 13.1. The molecule has 0 saturated carbocycles. The van der Waals surface area contributed by atoms with Crippen LogP contribution in [0.4, 0.5) is 0 Å². The molecule has 0 bridgehead atoms. The van der Waals surface area contributed by atoms with E-state index in [-0.39, 0.29) is 0 Å². The van der Waals surface area contributed by atoms with Crippen molar-refractivity contribution in [2.24, 2.45) is 0 Å². The van der Waals surface area contributed by atoms with Crippen molar-refractivity contribution in [3.63, 3.8) is 0 Å². The van der Waals surface area contributed by atoms with Gasteiger partial charge in [-0.15, -0.1) is 0 Å². The minimum Gasteiger partial charge on any atom is -0.261 e. The van der Waals surface area contributed by atoms with Gasteiger partial charge in [-0.2, -0.15) is 5.26 Å². The predicted octanol–water partition coefficient (Wildman–Crippen LogP) is 4.38. The third kappa shape index (κ3) is 3.61. The van der Waals surface area contributed by atoms with Crippen molar-refractivity contribution in [1.82, 2.24) is 9.97 Å². The third-order valence-corrected chi connectivity index (χ3v) is 4.31. The first-order valence-corrected chi connectivity index (χ1v) is 8.06. The molecule has 3 rings (SSSR count). The highest BCUT2D eigenvalue weighted by Crippen LogP contribution is 2.32. The Morgan fingerprint density at radius 1 is 0.958 bits per heavy atom. The molecular weight excluding hydrogens is 318 g/mol. The van der Waals surface area contributed by atoms with E-state index in [9.17, 15) is 5.26 Å². The lowest BCUT2D eigenvalue weighted by Gasteiger charge is -2.27. The zero-order chi connectivity index (χ0) is 16.8. The molecule has 0 saturated heterocycles. The van der Waals surface area contributed by atoms with E-state index in [1.165, 1.54) is 0 Å². The second kappa shape index (κ2) is 7.25. The quantitative estimate of drug-likeness (QED) is 0.696. The molecule has 2 aromatic carbocycles. The second-order valence-corrected chi connectivity index (χ2v) is 6.17. The maximum Gasteiger partial charge on any atom is 0.0918 e. The Morgan fingerprint density at radius 3 is 2.33 bits per heavy atom. The van der Waals surface area contributed by atoms with Gasteiger partial charge in [0.1, 0.15) is 0 Å². The van der Waals surface area contributed by atoms with E-state index < -0.39 is 5.41 Å². The lowest BCUT2D eigenvalue weighted by molar-refractivity contribution is 0.533. The molecule has 4 heteroatoms. The molecular formula is C20H16ClN3. The molecule has 0 fully saturated rings. The van der Waals surface area contributed by atoms with Crippen molar-refractivity contribution in [1.29, 1.82) is 5.26 Å². The van der Waals surface area contributed by atoms with Crippen LogP contribution < -0.4 is 0 Å². The molecule has 0 aliphatic heterocycles. The molecule has 3 aromatic rings. The molecule has 118 valence electrons. The van der Waals surface area contributed by atoms with Crippen molar-refractivity contribution in [2.75, 3.05) is 0 Å². The number of nitrogens with zero attached hydrogens (tertiary/aromatic N) is 3. The highest BCUT2D eigenvalue weighted by Gasteiger charge is 2.33. The summed E-state index contributed by atoms with van der Waals surface area (Å²) in [7, 11) is 0. The van der Waals surface area contributed by atoms with Gasteiger partial charge in [0.15, 0.2) is 0 Å². The molecule has 1 aromatic heterocycles. The van der Waals surface area contributed by atoms with Gasteiger partial charge in [-0.05, 0) is 29.7 Å². The molecule has 0 spiro atoms. The summed E-state index contributed by atoms with van der Waals surface area (Å²) >= 11 is 5.98. The second-order valence-electron chi connectivity index (χ2n) is 5.74. The van der Waals surface area contributed by atoms with E-state index in [0.717, 1.165) is 16.8 Å². The monoisotopic (exact) mass is 333 g/mol. The molecule has 1 unspecified atom stereocenters. The summed E-state index contributed by atoms with van der Waals surface area (Å²) in [5.41, 5.74) is 2.14. The van der Waals surface area contributed by atoms with Crippen LogP contribution in [0.1, 0.15) is 16.8 Å². The maximum absolute atomic E-state index is 10.1. The van der Waals surface area contributed by atoms with Crippen LogP contribution in [-0.4, -0.2) is 9.97 Å². The Bertz CT molecular complexity index is 826. The van der Waals surface area contributed by atoms with Gasteiger partial charge >= 0.3 is 0 Å². The SMILES string of the molecule is N#CC(Cc1ccc(Cl)cc1)(Cc1cnccn1)c1ccccc1. The smallest absolute Gasteiger partial charge is 0.0918 e. The molecule has 0 amide bonds. The maximum atomic E-state index is 10.1. The largest absolute Gasteiger partial charge is 0.261 e. The summed E-state index contributed by atoms with van der Waals surface area (Å²) < 4.78 is 0. The highest BCUT2D eigenvalue weighted by atomic mass is 35.5. The Kier molecular flexibility index (Phi) is 4.88. The fourth-order valence-corrected chi connectivity index (χ4v) is 2.97. The molecule has 0 aliphatic rings.